The topological polar surface area (TPSA) is 160 Å². The predicted molar refractivity (Wildman–Crippen MR) is 134 cm³/mol. The number of imidazole rings is 1. The van der Waals surface area contributed by atoms with Gasteiger partial charge in [-0.25, -0.2) is 19.7 Å². The standard InChI is InChI=1S/C23H31N7O4S/c24-20-17-21(28-13-27-20)30(14-29-17)22-19(32)18(31)16(34-22)12-35-11-5-10-26-23(33)25-9-4-8-15-6-2-1-3-7-15/h1-3,6-7,13-14,16,18-19,22,31-32H,4-5,8-12H2,(H2,24,27,28)(H2,25,26,33)/t16-,18-,19-,22-/m1/s1. The van der Waals surface area contributed by atoms with Crippen LogP contribution in [-0.4, -0.2) is 78.7 Å². The minimum Gasteiger partial charge on any atom is -0.387 e. The molecule has 0 saturated carbocycles. The number of carbonyl (C=O) groups is 1. The van der Waals surface area contributed by atoms with Crippen molar-refractivity contribution in [1.29, 1.82) is 0 Å². The smallest absolute Gasteiger partial charge is 0.314 e. The third-order valence-electron chi connectivity index (χ3n) is 5.80. The second kappa shape index (κ2) is 12.2. The van der Waals surface area contributed by atoms with E-state index in [-0.39, 0.29) is 11.8 Å². The maximum atomic E-state index is 11.9. The number of urea groups is 1. The number of aromatic nitrogens is 4. The van der Waals surface area contributed by atoms with E-state index >= 15 is 0 Å². The number of nitrogens with zero attached hydrogens (tertiary/aromatic N) is 4. The minimum atomic E-state index is -1.12. The molecule has 1 saturated heterocycles. The number of hydrogen-bond donors (Lipinski definition) is 5. The zero-order chi connectivity index (χ0) is 24.6. The van der Waals surface area contributed by atoms with E-state index in [1.54, 1.807) is 16.3 Å². The maximum absolute atomic E-state index is 11.9. The van der Waals surface area contributed by atoms with Crippen LogP contribution < -0.4 is 16.4 Å². The molecule has 0 spiro atoms. The number of benzene rings is 1. The molecule has 11 nitrogen and oxygen atoms in total. The molecule has 1 aromatic carbocycles. The summed E-state index contributed by atoms with van der Waals surface area (Å²) >= 11 is 1.59. The Kier molecular flexibility index (Phi) is 8.74. The van der Waals surface area contributed by atoms with Crippen molar-refractivity contribution in [2.24, 2.45) is 0 Å². The summed E-state index contributed by atoms with van der Waals surface area (Å²) in [6, 6.07) is 10.0. The number of nitrogen functional groups attached to an aromatic ring is 1. The molecule has 4 rings (SSSR count). The Balaban J connectivity index is 1.11. The summed E-state index contributed by atoms with van der Waals surface area (Å²) in [6.45, 7) is 1.18. The van der Waals surface area contributed by atoms with Crippen molar-refractivity contribution in [3.05, 3.63) is 48.5 Å². The van der Waals surface area contributed by atoms with E-state index in [9.17, 15) is 15.0 Å². The quantitative estimate of drug-likeness (QED) is 0.242. The Hall–Kier alpha value is -2.93. The Morgan fingerprint density at radius 2 is 1.86 bits per heavy atom. The molecule has 6 N–H and O–H groups in total. The molecular formula is C23H31N7O4S. The highest BCUT2D eigenvalue weighted by atomic mass is 32.2. The molecule has 3 aromatic rings. The molecule has 0 radical (unpaired) electrons. The number of aliphatic hydroxyl groups excluding tert-OH is 2. The Bertz CT molecular complexity index is 1100. The molecule has 1 aliphatic rings. The fourth-order valence-electron chi connectivity index (χ4n) is 3.93. The lowest BCUT2D eigenvalue weighted by Gasteiger charge is -2.16. The zero-order valence-corrected chi connectivity index (χ0v) is 20.1. The Morgan fingerprint density at radius 1 is 1.09 bits per heavy atom. The number of aryl methyl sites for hydroxylation is 1. The van der Waals surface area contributed by atoms with Gasteiger partial charge in [0.2, 0.25) is 0 Å². The van der Waals surface area contributed by atoms with Crippen LogP contribution in [0.4, 0.5) is 10.6 Å². The highest BCUT2D eigenvalue weighted by molar-refractivity contribution is 7.99. The van der Waals surface area contributed by atoms with Crippen LogP contribution in [-0.2, 0) is 11.2 Å². The van der Waals surface area contributed by atoms with Crippen LogP contribution in [0.25, 0.3) is 11.2 Å². The van der Waals surface area contributed by atoms with Crippen molar-refractivity contribution in [3.8, 4) is 0 Å². The number of nitrogens with two attached hydrogens (primary N) is 1. The van der Waals surface area contributed by atoms with Gasteiger partial charge in [0.25, 0.3) is 0 Å². The van der Waals surface area contributed by atoms with Crippen molar-refractivity contribution in [1.82, 2.24) is 30.2 Å². The Labute approximate surface area is 207 Å². The van der Waals surface area contributed by atoms with Crippen molar-refractivity contribution in [2.45, 2.75) is 43.8 Å². The lowest BCUT2D eigenvalue weighted by atomic mass is 10.1. The van der Waals surface area contributed by atoms with Gasteiger partial charge in [0.15, 0.2) is 17.7 Å². The average Bonchev–Trinajstić information content (AvgIpc) is 3.42. The molecule has 2 aromatic heterocycles. The van der Waals surface area contributed by atoms with Crippen molar-refractivity contribution >= 4 is 34.8 Å². The van der Waals surface area contributed by atoms with Crippen LogP contribution in [0.3, 0.4) is 0 Å². The van der Waals surface area contributed by atoms with Gasteiger partial charge in [0, 0.05) is 18.8 Å². The first-order valence-electron chi connectivity index (χ1n) is 11.6. The van der Waals surface area contributed by atoms with Crippen LogP contribution in [0.2, 0.25) is 0 Å². The van der Waals surface area contributed by atoms with Gasteiger partial charge in [-0.3, -0.25) is 4.57 Å². The van der Waals surface area contributed by atoms with Crippen LogP contribution in [0, 0.1) is 0 Å². The lowest BCUT2D eigenvalue weighted by Crippen LogP contribution is -2.36. The number of thioether (sulfide) groups is 1. The number of amides is 2. The lowest BCUT2D eigenvalue weighted by molar-refractivity contribution is -0.0289. The van der Waals surface area contributed by atoms with E-state index in [1.165, 1.54) is 18.2 Å². The van der Waals surface area contributed by atoms with Gasteiger partial charge >= 0.3 is 6.03 Å². The van der Waals surface area contributed by atoms with Gasteiger partial charge in [-0.15, -0.1) is 0 Å². The number of carbonyl (C=O) groups excluding carboxylic acids is 1. The van der Waals surface area contributed by atoms with Crippen LogP contribution in [0.1, 0.15) is 24.6 Å². The zero-order valence-electron chi connectivity index (χ0n) is 19.3. The second-order valence-electron chi connectivity index (χ2n) is 8.33. The third-order valence-corrected chi connectivity index (χ3v) is 6.94. The molecule has 35 heavy (non-hydrogen) atoms. The maximum Gasteiger partial charge on any atom is 0.314 e. The van der Waals surface area contributed by atoms with Crippen LogP contribution in [0.5, 0.6) is 0 Å². The summed E-state index contributed by atoms with van der Waals surface area (Å²) in [7, 11) is 0. The summed E-state index contributed by atoms with van der Waals surface area (Å²) in [5, 5.41) is 26.7. The predicted octanol–water partition coefficient (Wildman–Crippen LogP) is 1.08. The van der Waals surface area contributed by atoms with E-state index in [4.69, 9.17) is 10.5 Å². The van der Waals surface area contributed by atoms with E-state index < -0.39 is 24.5 Å². The summed E-state index contributed by atoms with van der Waals surface area (Å²) in [5.74, 6) is 1.52. The second-order valence-corrected chi connectivity index (χ2v) is 9.48. The molecule has 3 heterocycles. The van der Waals surface area contributed by atoms with E-state index in [0.717, 1.165) is 25.0 Å². The van der Waals surface area contributed by atoms with Crippen LogP contribution in [0.15, 0.2) is 43.0 Å². The van der Waals surface area contributed by atoms with Gasteiger partial charge in [0.05, 0.1) is 12.4 Å². The first-order chi connectivity index (χ1) is 17.0. The van der Waals surface area contributed by atoms with Crippen molar-refractivity contribution < 1.29 is 19.7 Å². The normalized spacial score (nSPS) is 21.9. The molecule has 188 valence electrons. The highest BCUT2D eigenvalue weighted by Crippen LogP contribution is 2.33. The molecule has 1 aliphatic heterocycles. The monoisotopic (exact) mass is 501 g/mol. The van der Waals surface area contributed by atoms with Crippen molar-refractivity contribution in [2.75, 3.05) is 30.3 Å². The number of ether oxygens (including phenoxy) is 1. The van der Waals surface area contributed by atoms with Gasteiger partial charge in [-0.05, 0) is 30.6 Å². The number of nitrogens with one attached hydrogen (secondary N) is 2. The highest BCUT2D eigenvalue weighted by Gasteiger charge is 2.44. The fourth-order valence-corrected chi connectivity index (χ4v) is 4.95. The fraction of sp³-hybridized carbons (Fsp3) is 0.478. The number of hydrogen-bond acceptors (Lipinski definition) is 9. The number of aliphatic hydroxyl groups is 2. The average molecular weight is 502 g/mol. The third kappa shape index (κ3) is 6.40. The molecule has 4 atom stereocenters. The molecule has 1 fully saturated rings. The molecule has 2 amide bonds. The van der Waals surface area contributed by atoms with E-state index in [0.29, 0.717) is 30.0 Å². The largest absolute Gasteiger partial charge is 0.387 e. The summed E-state index contributed by atoms with van der Waals surface area (Å²) in [5.41, 5.74) is 7.94. The number of fused-ring (bicyclic) bond motifs is 1. The molecule has 0 unspecified atom stereocenters. The SMILES string of the molecule is Nc1ncnc2c1ncn2[C@@H]1O[C@H](CSCCCNC(=O)NCCCc2ccccc2)[C@@H](O)[C@H]1O. The summed E-state index contributed by atoms with van der Waals surface area (Å²) in [6.07, 6.45) is 1.87. The summed E-state index contributed by atoms with van der Waals surface area (Å²) < 4.78 is 7.49. The number of rotatable bonds is 11. The Morgan fingerprint density at radius 3 is 2.66 bits per heavy atom. The first-order valence-corrected chi connectivity index (χ1v) is 12.8. The molecule has 12 heteroatoms. The van der Waals surface area contributed by atoms with E-state index in [1.807, 2.05) is 18.2 Å². The van der Waals surface area contributed by atoms with Gasteiger partial charge in [0.1, 0.15) is 24.1 Å². The van der Waals surface area contributed by atoms with Crippen LogP contribution >= 0.6 is 11.8 Å². The van der Waals surface area contributed by atoms with Gasteiger partial charge < -0.3 is 31.3 Å². The molecule has 0 bridgehead atoms. The van der Waals surface area contributed by atoms with Crippen molar-refractivity contribution in [3.63, 3.8) is 0 Å². The minimum absolute atomic E-state index is 0.166. The number of anilines is 1. The molecule has 0 aliphatic carbocycles. The first kappa shape index (κ1) is 25.2. The van der Waals surface area contributed by atoms with Gasteiger partial charge in [-0.2, -0.15) is 11.8 Å². The van der Waals surface area contributed by atoms with E-state index in [2.05, 4.69) is 37.7 Å². The molecular weight excluding hydrogens is 470 g/mol. The van der Waals surface area contributed by atoms with Gasteiger partial charge in [-0.1, -0.05) is 30.3 Å². The summed E-state index contributed by atoms with van der Waals surface area (Å²) in [4.78, 5) is 24.2.